The molecule has 0 spiro atoms. The predicted octanol–water partition coefficient (Wildman–Crippen LogP) is 3.10. The van der Waals surface area contributed by atoms with E-state index in [1.165, 1.54) is 20.8 Å². The Hall–Kier alpha value is -2.94. The molecular weight excluding hydrogens is 456 g/mol. The highest BCUT2D eigenvalue weighted by Crippen LogP contribution is 2.39. The van der Waals surface area contributed by atoms with Gasteiger partial charge in [0.1, 0.15) is 18.3 Å². The number of hydrogen-bond acceptors (Lipinski definition) is 9. The van der Waals surface area contributed by atoms with Crippen LogP contribution in [0.2, 0.25) is 0 Å². The number of rotatable bonds is 4. The van der Waals surface area contributed by atoms with Gasteiger partial charge in [0.2, 0.25) is 0 Å². The van der Waals surface area contributed by atoms with Gasteiger partial charge in [-0.3, -0.25) is 14.4 Å². The first-order valence-electron chi connectivity index (χ1n) is 11.8. The maximum Gasteiger partial charge on any atom is 0.334 e. The molecule has 0 unspecified atom stereocenters. The largest absolute Gasteiger partial charge is 0.463 e. The topological polar surface area (TPSA) is 125 Å². The van der Waals surface area contributed by atoms with Crippen LogP contribution in [0.25, 0.3) is 0 Å². The van der Waals surface area contributed by atoms with Gasteiger partial charge in [0, 0.05) is 32.3 Å². The zero-order chi connectivity index (χ0) is 26.3. The van der Waals surface area contributed by atoms with Gasteiger partial charge in [0.05, 0.1) is 0 Å². The maximum atomic E-state index is 12.5. The third kappa shape index (κ3) is 7.78. The van der Waals surface area contributed by atoms with E-state index in [0.717, 1.165) is 12.0 Å². The summed E-state index contributed by atoms with van der Waals surface area (Å²) in [6.07, 6.45) is 2.89. The van der Waals surface area contributed by atoms with Crippen LogP contribution in [0.5, 0.6) is 0 Å². The van der Waals surface area contributed by atoms with E-state index in [4.69, 9.17) is 18.9 Å². The molecule has 1 aliphatic heterocycles. The minimum absolute atomic E-state index is 0.0552. The second-order valence-corrected chi connectivity index (χ2v) is 9.33. The summed E-state index contributed by atoms with van der Waals surface area (Å²) in [5.41, 5.74) is 0.167. The highest BCUT2D eigenvalue weighted by molar-refractivity contribution is 5.91. The van der Waals surface area contributed by atoms with Crippen LogP contribution in [0.15, 0.2) is 35.5 Å². The molecule has 0 aromatic rings. The molecule has 1 aliphatic carbocycles. The fourth-order valence-electron chi connectivity index (χ4n) is 4.45. The third-order valence-electron chi connectivity index (χ3n) is 6.37. The lowest BCUT2D eigenvalue weighted by Crippen LogP contribution is -2.51. The fourth-order valence-corrected chi connectivity index (χ4v) is 4.45. The third-order valence-corrected chi connectivity index (χ3v) is 6.37. The second-order valence-electron chi connectivity index (χ2n) is 9.33. The molecule has 0 aromatic carbocycles. The quantitative estimate of drug-likeness (QED) is 0.273. The normalized spacial score (nSPS) is 33.1. The first kappa shape index (κ1) is 28.3. The lowest BCUT2D eigenvalue weighted by Gasteiger charge is -2.37. The van der Waals surface area contributed by atoms with Gasteiger partial charge in [-0.05, 0) is 51.5 Å². The summed E-state index contributed by atoms with van der Waals surface area (Å²) < 4.78 is 21.8. The molecule has 1 heterocycles. The van der Waals surface area contributed by atoms with Crippen LogP contribution in [0.4, 0.5) is 0 Å². The van der Waals surface area contributed by atoms with Crippen molar-refractivity contribution in [3.63, 3.8) is 0 Å². The van der Waals surface area contributed by atoms with Crippen LogP contribution in [0.1, 0.15) is 66.7 Å². The number of fused-ring (bicyclic) bond motifs is 1. The number of carbonyl (C=O) groups is 4. The van der Waals surface area contributed by atoms with Crippen LogP contribution < -0.4 is 0 Å². The first-order chi connectivity index (χ1) is 16.3. The summed E-state index contributed by atoms with van der Waals surface area (Å²) in [6.45, 7) is 10.9. The Bertz CT molecular complexity index is 916. The van der Waals surface area contributed by atoms with Crippen molar-refractivity contribution in [2.24, 2.45) is 5.92 Å². The van der Waals surface area contributed by atoms with Crippen molar-refractivity contribution in [3.8, 4) is 0 Å². The summed E-state index contributed by atoms with van der Waals surface area (Å²) >= 11 is 0. The number of aliphatic hydroxyl groups is 1. The maximum absolute atomic E-state index is 12.5. The van der Waals surface area contributed by atoms with Gasteiger partial charge in [0.25, 0.3) is 0 Å². The number of allylic oxidation sites excluding steroid dienone is 3. The van der Waals surface area contributed by atoms with Crippen molar-refractivity contribution in [3.05, 3.63) is 35.5 Å². The summed E-state index contributed by atoms with van der Waals surface area (Å²) in [5, 5.41) is 11.6. The average Bonchev–Trinajstić information content (AvgIpc) is 3.02. The van der Waals surface area contributed by atoms with Crippen LogP contribution in [0.3, 0.4) is 0 Å². The van der Waals surface area contributed by atoms with Crippen LogP contribution in [-0.2, 0) is 38.1 Å². The molecule has 2 rings (SSSR count). The van der Waals surface area contributed by atoms with E-state index in [9.17, 15) is 24.3 Å². The Morgan fingerprint density at radius 3 is 2.34 bits per heavy atom. The van der Waals surface area contributed by atoms with Crippen molar-refractivity contribution in [2.75, 3.05) is 6.61 Å². The van der Waals surface area contributed by atoms with Crippen molar-refractivity contribution >= 4 is 23.9 Å². The Balaban J connectivity index is 2.59. The Morgan fingerprint density at radius 2 is 1.74 bits per heavy atom. The van der Waals surface area contributed by atoms with E-state index in [1.807, 2.05) is 19.1 Å². The Labute approximate surface area is 206 Å². The lowest BCUT2D eigenvalue weighted by molar-refractivity contribution is -0.181. The summed E-state index contributed by atoms with van der Waals surface area (Å²) in [7, 11) is 0. The average molecular weight is 493 g/mol. The van der Waals surface area contributed by atoms with E-state index in [2.05, 4.69) is 6.58 Å². The molecule has 9 heteroatoms. The molecule has 194 valence electrons. The van der Waals surface area contributed by atoms with Gasteiger partial charge >= 0.3 is 23.9 Å². The second kappa shape index (κ2) is 12.2. The van der Waals surface area contributed by atoms with Crippen LogP contribution in [0, 0.1) is 5.92 Å². The molecule has 0 aromatic heterocycles. The van der Waals surface area contributed by atoms with Crippen molar-refractivity contribution in [2.45, 2.75) is 90.6 Å². The fraction of sp³-hybridized carbons (Fsp3) is 0.615. The smallest absolute Gasteiger partial charge is 0.334 e. The Kier molecular flexibility index (Phi) is 9.82. The number of ether oxygens (including phenoxy) is 4. The number of esters is 4. The number of carbonyl (C=O) groups excluding carboxylic acids is 4. The van der Waals surface area contributed by atoms with Gasteiger partial charge in [-0.1, -0.05) is 24.3 Å². The summed E-state index contributed by atoms with van der Waals surface area (Å²) in [6, 6.07) is 0. The zero-order valence-electron chi connectivity index (χ0n) is 21.1. The van der Waals surface area contributed by atoms with Gasteiger partial charge in [-0.2, -0.15) is 0 Å². The molecule has 1 N–H and O–H groups in total. The lowest BCUT2D eigenvalue weighted by atomic mass is 9.80. The standard InChI is InChI=1S/C26H36O9/c1-15-9-7-11-16(2)23(34-20(6)29)24-21(17(3)25(30)35-24)13-22(33-19(5)28)26(31,12-8-10-15)14-32-18(4)27/h10-11,21-24,31H,3,7-9,12-14H2,1-2,4-6H3/b15-10-,16-11-/t21-,22+,23-,24-,26+/m1/s1. The SMILES string of the molecule is C=C1C(=O)O[C@@H]2[C@@H]1C[C@H](OC(C)=O)[C@@](O)(COC(C)=O)CC/C=C(/C)CC/C=C(/C)[C@H]2OC(C)=O. The molecule has 1 fully saturated rings. The monoisotopic (exact) mass is 492 g/mol. The van der Waals surface area contributed by atoms with Crippen LogP contribution >= 0.6 is 0 Å². The molecule has 0 bridgehead atoms. The van der Waals surface area contributed by atoms with E-state index < -0.39 is 60.3 Å². The van der Waals surface area contributed by atoms with E-state index in [1.54, 1.807) is 6.92 Å². The van der Waals surface area contributed by atoms with Gasteiger partial charge in [-0.15, -0.1) is 0 Å². The minimum Gasteiger partial charge on any atom is -0.463 e. The van der Waals surface area contributed by atoms with Crippen LogP contribution in [-0.4, -0.2) is 59.5 Å². The molecule has 2 aliphatic rings. The van der Waals surface area contributed by atoms with Crippen molar-refractivity contribution in [1.82, 2.24) is 0 Å². The van der Waals surface area contributed by atoms with E-state index >= 15 is 0 Å². The molecule has 1 saturated heterocycles. The van der Waals surface area contributed by atoms with Crippen molar-refractivity contribution in [1.29, 1.82) is 0 Å². The zero-order valence-corrected chi connectivity index (χ0v) is 21.1. The molecule has 5 atom stereocenters. The van der Waals surface area contributed by atoms with Crippen molar-refractivity contribution < 1.29 is 43.2 Å². The molecule has 0 radical (unpaired) electrons. The Morgan fingerprint density at radius 1 is 1.09 bits per heavy atom. The summed E-state index contributed by atoms with van der Waals surface area (Å²) in [4.78, 5) is 48.0. The minimum atomic E-state index is -1.74. The van der Waals surface area contributed by atoms with Gasteiger partial charge in [0.15, 0.2) is 12.2 Å². The van der Waals surface area contributed by atoms with Gasteiger partial charge in [-0.25, -0.2) is 4.79 Å². The molecule has 0 saturated carbocycles. The molecule has 35 heavy (non-hydrogen) atoms. The van der Waals surface area contributed by atoms with E-state index in [-0.39, 0.29) is 18.4 Å². The summed E-state index contributed by atoms with van der Waals surface area (Å²) in [5.74, 6) is -3.18. The number of hydrogen-bond donors (Lipinski definition) is 1. The first-order valence-corrected chi connectivity index (χ1v) is 11.8. The molecule has 0 amide bonds. The predicted molar refractivity (Wildman–Crippen MR) is 126 cm³/mol. The van der Waals surface area contributed by atoms with Gasteiger partial charge < -0.3 is 24.1 Å². The highest BCUT2D eigenvalue weighted by Gasteiger charge is 2.50. The molecular formula is C26H36O9. The molecule has 9 nitrogen and oxygen atoms in total. The highest BCUT2D eigenvalue weighted by atomic mass is 16.6. The van der Waals surface area contributed by atoms with E-state index in [0.29, 0.717) is 18.4 Å².